The maximum Gasteiger partial charge on any atom is 0.525 e. The second kappa shape index (κ2) is 5.94. The van der Waals surface area contributed by atoms with E-state index >= 15 is 0 Å². The Hall–Kier alpha value is -1.92. The van der Waals surface area contributed by atoms with Crippen LogP contribution >= 0.6 is 23.8 Å². The lowest BCUT2D eigenvalue weighted by atomic mass is 10.1. The Morgan fingerprint density at radius 1 is 1.09 bits per heavy atom. The topological polar surface area (TPSA) is 97.0 Å². The average molecular weight is 397 g/mol. The molecule has 0 amide bonds. The number of rotatable bonds is 3. The van der Waals surface area contributed by atoms with Crippen LogP contribution in [0.3, 0.4) is 0 Å². The van der Waals surface area contributed by atoms with Crippen LogP contribution in [0.2, 0.25) is 0 Å². The van der Waals surface area contributed by atoms with E-state index in [4.69, 9.17) is 14.2 Å². The molecule has 6 nitrogen and oxygen atoms in total. The van der Waals surface area contributed by atoms with Crippen molar-refractivity contribution in [1.82, 2.24) is 0 Å². The van der Waals surface area contributed by atoms with Crippen LogP contribution in [0.1, 0.15) is 0 Å². The molecule has 0 fully saturated rings. The van der Waals surface area contributed by atoms with Gasteiger partial charge < -0.3 is 8.94 Å². The van der Waals surface area contributed by atoms with Gasteiger partial charge in [0.2, 0.25) is 11.2 Å². The molecular formula is C15H10BrO6P. The monoisotopic (exact) mass is 396 g/mol. The molecule has 0 aliphatic carbocycles. The number of para-hydroxylation sites is 1. The summed E-state index contributed by atoms with van der Waals surface area (Å²) in [6.45, 7) is 0. The fraction of sp³-hybridized carbons (Fsp3) is 0. The minimum absolute atomic E-state index is 0.0432. The highest BCUT2D eigenvalue weighted by Gasteiger charge is 2.25. The summed E-state index contributed by atoms with van der Waals surface area (Å²) in [7, 11) is -4.92. The van der Waals surface area contributed by atoms with Gasteiger partial charge in [-0.15, -0.1) is 0 Å². The Kier molecular flexibility index (Phi) is 4.12. The second-order valence-corrected chi connectivity index (χ2v) is 6.76. The molecule has 1 aromatic heterocycles. The lowest BCUT2D eigenvalue weighted by Gasteiger charge is -2.12. The van der Waals surface area contributed by atoms with Gasteiger partial charge in [-0.2, -0.15) is 0 Å². The lowest BCUT2D eigenvalue weighted by Crippen LogP contribution is -2.08. The van der Waals surface area contributed by atoms with E-state index in [0.29, 0.717) is 15.6 Å². The molecule has 0 atom stereocenters. The van der Waals surface area contributed by atoms with Gasteiger partial charge in [-0.3, -0.25) is 14.6 Å². The van der Waals surface area contributed by atoms with Crippen molar-refractivity contribution in [3.05, 3.63) is 63.2 Å². The standard InChI is InChI=1S/C15H10BrO6P/c16-10-5-3-4-9(8-10)14-15(22-23(18,19)20)13(17)11-6-1-2-7-12(11)21-14/h1-8H,(H2,18,19,20). The first-order valence-corrected chi connectivity index (χ1v) is 8.74. The van der Waals surface area contributed by atoms with Crippen LogP contribution in [0.4, 0.5) is 0 Å². The Labute approximate surface area is 138 Å². The SMILES string of the molecule is O=c1c(OP(=O)(O)O)c(-c2cccc(Br)c2)oc2ccccc12. The van der Waals surface area contributed by atoms with Gasteiger partial charge in [0, 0.05) is 10.0 Å². The molecule has 0 aliphatic heterocycles. The molecule has 0 saturated carbocycles. The summed E-state index contributed by atoms with van der Waals surface area (Å²) in [4.78, 5) is 30.7. The second-order valence-electron chi connectivity index (χ2n) is 4.68. The molecule has 0 radical (unpaired) electrons. The number of hydrogen-bond acceptors (Lipinski definition) is 4. The van der Waals surface area contributed by atoms with Crippen molar-refractivity contribution in [2.45, 2.75) is 0 Å². The molecule has 0 spiro atoms. The maximum atomic E-state index is 12.5. The van der Waals surface area contributed by atoms with Crippen molar-refractivity contribution < 1.29 is 23.3 Å². The third kappa shape index (κ3) is 3.38. The van der Waals surface area contributed by atoms with Crippen molar-refractivity contribution in [1.29, 1.82) is 0 Å². The predicted octanol–water partition coefficient (Wildman–Crippen LogP) is 3.69. The highest BCUT2D eigenvalue weighted by Crippen LogP contribution is 2.41. The van der Waals surface area contributed by atoms with Crippen LogP contribution in [0.15, 0.2) is 62.2 Å². The van der Waals surface area contributed by atoms with E-state index in [9.17, 15) is 9.36 Å². The summed E-state index contributed by atoms with van der Waals surface area (Å²) in [5, 5.41) is 0.176. The number of halogens is 1. The predicted molar refractivity (Wildman–Crippen MR) is 88.3 cm³/mol. The van der Waals surface area contributed by atoms with Crippen LogP contribution in [0.5, 0.6) is 5.75 Å². The van der Waals surface area contributed by atoms with Gasteiger partial charge in [0.25, 0.3) is 0 Å². The molecule has 2 aromatic carbocycles. The zero-order valence-electron chi connectivity index (χ0n) is 11.5. The number of phosphoric ester groups is 1. The molecule has 118 valence electrons. The van der Waals surface area contributed by atoms with Gasteiger partial charge in [0.1, 0.15) is 5.58 Å². The molecule has 0 aliphatic rings. The van der Waals surface area contributed by atoms with Crippen LogP contribution in [-0.4, -0.2) is 9.79 Å². The van der Waals surface area contributed by atoms with Gasteiger partial charge in [0.15, 0.2) is 5.76 Å². The normalized spacial score (nSPS) is 11.6. The van der Waals surface area contributed by atoms with Crippen molar-refractivity contribution in [2.75, 3.05) is 0 Å². The molecule has 0 bridgehead atoms. The molecule has 0 unspecified atom stereocenters. The van der Waals surface area contributed by atoms with Crippen LogP contribution in [0.25, 0.3) is 22.3 Å². The Morgan fingerprint density at radius 3 is 2.52 bits per heavy atom. The fourth-order valence-corrected chi connectivity index (χ4v) is 2.95. The van der Waals surface area contributed by atoms with E-state index in [0.717, 1.165) is 0 Å². The van der Waals surface area contributed by atoms with Gasteiger partial charge in [-0.05, 0) is 24.3 Å². The lowest BCUT2D eigenvalue weighted by molar-refractivity contribution is 0.280. The van der Waals surface area contributed by atoms with Crippen LogP contribution < -0.4 is 9.95 Å². The summed E-state index contributed by atoms with van der Waals surface area (Å²) in [6.07, 6.45) is 0. The van der Waals surface area contributed by atoms with Crippen LogP contribution in [0, 0.1) is 0 Å². The molecule has 8 heteroatoms. The summed E-state index contributed by atoms with van der Waals surface area (Å²) >= 11 is 3.30. The number of benzene rings is 2. The third-order valence-corrected chi connectivity index (χ3v) is 3.97. The zero-order chi connectivity index (χ0) is 16.6. The Bertz CT molecular complexity index is 991. The Morgan fingerprint density at radius 2 is 1.83 bits per heavy atom. The minimum Gasteiger partial charge on any atom is -0.452 e. The molecule has 2 N–H and O–H groups in total. The van der Waals surface area contributed by atoms with Crippen molar-refractivity contribution in [2.24, 2.45) is 0 Å². The first-order valence-electron chi connectivity index (χ1n) is 6.42. The average Bonchev–Trinajstić information content (AvgIpc) is 2.49. The first-order chi connectivity index (χ1) is 10.8. The molecule has 23 heavy (non-hydrogen) atoms. The minimum atomic E-state index is -4.92. The summed E-state index contributed by atoms with van der Waals surface area (Å²) < 4.78 is 22.2. The van der Waals surface area contributed by atoms with Gasteiger partial charge in [0.05, 0.1) is 5.39 Å². The highest BCUT2D eigenvalue weighted by atomic mass is 79.9. The van der Waals surface area contributed by atoms with E-state index in [2.05, 4.69) is 20.5 Å². The molecule has 0 saturated heterocycles. The highest BCUT2D eigenvalue weighted by molar-refractivity contribution is 9.10. The van der Waals surface area contributed by atoms with Gasteiger partial charge in [-0.25, -0.2) is 4.57 Å². The van der Waals surface area contributed by atoms with Crippen molar-refractivity contribution in [3.63, 3.8) is 0 Å². The van der Waals surface area contributed by atoms with Gasteiger partial charge in [-0.1, -0.05) is 40.2 Å². The van der Waals surface area contributed by atoms with Crippen LogP contribution in [-0.2, 0) is 4.57 Å². The van der Waals surface area contributed by atoms with Gasteiger partial charge >= 0.3 is 7.82 Å². The van der Waals surface area contributed by atoms with E-state index in [1.165, 1.54) is 6.07 Å². The van der Waals surface area contributed by atoms with E-state index < -0.39 is 19.0 Å². The third-order valence-electron chi connectivity index (χ3n) is 3.05. The van der Waals surface area contributed by atoms with Crippen molar-refractivity contribution >= 4 is 34.7 Å². The Balaban J connectivity index is 2.36. The first kappa shape index (κ1) is 16.0. The number of fused-ring (bicyclic) bond motifs is 1. The molecular weight excluding hydrogens is 387 g/mol. The van der Waals surface area contributed by atoms with Crippen molar-refractivity contribution in [3.8, 4) is 17.1 Å². The fourth-order valence-electron chi connectivity index (χ4n) is 2.15. The number of phosphoric acid groups is 1. The molecule has 3 aromatic rings. The molecule has 3 rings (SSSR count). The van der Waals surface area contributed by atoms with E-state index in [-0.39, 0.29) is 11.1 Å². The smallest absolute Gasteiger partial charge is 0.452 e. The van der Waals surface area contributed by atoms with E-state index in [1.807, 2.05) is 0 Å². The largest absolute Gasteiger partial charge is 0.525 e. The number of hydrogen-bond donors (Lipinski definition) is 2. The summed E-state index contributed by atoms with van der Waals surface area (Å²) in [5.74, 6) is -0.562. The molecule has 1 heterocycles. The maximum absolute atomic E-state index is 12.5. The summed E-state index contributed by atoms with van der Waals surface area (Å²) in [5.41, 5.74) is 0.0985. The van der Waals surface area contributed by atoms with E-state index in [1.54, 1.807) is 42.5 Å². The quantitative estimate of drug-likeness (QED) is 0.655. The zero-order valence-corrected chi connectivity index (χ0v) is 14.0. The summed E-state index contributed by atoms with van der Waals surface area (Å²) in [6, 6.07) is 13.2.